The smallest absolute Gasteiger partial charge is 0.287 e. The molecule has 1 aromatic rings. The summed E-state index contributed by atoms with van der Waals surface area (Å²) in [5.41, 5.74) is -0.855. The molecule has 90 valence electrons. The summed E-state index contributed by atoms with van der Waals surface area (Å²) in [6, 6.07) is 3.00. The van der Waals surface area contributed by atoms with Crippen LogP contribution in [0.2, 0.25) is 5.22 Å². The second-order valence-electron chi connectivity index (χ2n) is 3.72. The van der Waals surface area contributed by atoms with Gasteiger partial charge in [-0.3, -0.25) is 4.79 Å². The zero-order valence-electron chi connectivity index (χ0n) is 9.42. The monoisotopic (exact) mass is 245 g/mol. The zero-order chi connectivity index (χ0) is 12.2. The summed E-state index contributed by atoms with van der Waals surface area (Å²) in [7, 11) is 0. The van der Waals surface area contributed by atoms with E-state index in [0.29, 0.717) is 12.8 Å². The van der Waals surface area contributed by atoms with Gasteiger partial charge in [0, 0.05) is 6.54 Å². The van der Waals surface area contributed by atoms with Gasteiger partial charge in [0.1, 0.15) is 0 Å². The Balaban J connectivity index is 2.53. The molecule has 5 heteroatoms. The predicted octanol–water partition coefficient (Wildman–Crippen LogP) is 2.21. The first-order valence-corrected chi connectivity index (χ1v) is 5.64. The summed E-state index contributed by atoms with van der Waals surface area (Å²) in [6.07, 6.45) is 1.17. The van der Waals surface area contributed by atoms with Gasteiger partial charge in [0.25, 0.3) is 5.91 Å². The molecule has 0 spiro atoms. The molecule has 1 aromatic heterocycles. The maximum atomic E-state index is 11.6. The van der Waals surface area contributed by atoms with Crippen LogP contribution in [0.15, 0.2) is 16.5 Å². The van der Waals surface area contributed by atoms with Crippen LogP contribution < -0.4 is 5.32 Å². The van der Waals surface area contributed by atoms with Gasteiger partial charge < -0.3 is 14.8 Å². The molecule has 0 unspecified atom stereocenters. The van der Waals surface area contributed by atoms with Crippen LogP contribution in [-0.2, 0) is 0 Å². The molecule has 0 saturated carbocycles. The highest BCUT2D eigenvalue weighted by molar-refractivity contribution is 6.29. The Hall–Kier alpha value is -1.00. The number of amides is 1. The summed E-state index contributed by atoms with van der Waals surface area (Å²) < 4.78 is 4.95. The number of carbonyl (C=O) groups is 1. The van der Waals surface area contributed by atoms with Gasteiger partial charge in [-0.25, -0.2) is 0 Å². The van der Waals surface area contributed by atoms with Gasteiger partial charge in [0.2, 0.25) is 0 Å². The van der Waals surface area contributed by atoms with Crippen molar-refractivity contribution in [2.45, 2.75) is 32.3 Å². The first-order chi connectivity index (χ1) is 7.50. The lowest BCUT2D eigenvalue weighted by atomic mass is 9.98. The fraction of sp³-hybridized carbons (Fsp3) is 0.545. The van der Waals surface area contributed by atoms with Crippen molar-refractivity contribution in [2.24, 2.45) is 0 Å². The molecule has 0 aliphatic rings. The molecule has 0 bridgehead atoms. The third kappa shape index (κ3) is 3.25. The molecule has 0 fully saturated rings. The van der Waals surface area contributed by atoms with E-state index in [1.807, 2.05) is 13.8 Å². The predicted molar refractivity (Wildman–Crippen MR) is 61.6 cm³/mol. The van der Waals surface area contributed by atoms with E-state index in [0.717, 1.165) is 0 Å². The van der Waals surface area contributed by atoms with E-state index in [9.17, 15) is 9.90 Å². The van der Waals surface area contributed by atoms with Crippen molar-refractivity contribution in [3.8, 4) is 0 Å². The minimum atomic E-state index is -0.855. The Bertz CT molecular complexity index is 358. The van der Waals surface area contributed by atoms with Crippen molar-refractivity contribution in [2.75, 3.05) is 6.54 Å². The number of nitrogens with one attached hydrogen (secondary N) is 1. The maximum Gasteiger partial charge on any atom is 0.287 e. The lowest BCUT2D eigenvalue weighted by Crippen LogP contribution is -2.41. The largest absolute Gasteiger partial charge is 0.440 e. The maximum absolute atomic E-state index is 11.6. The molecule has 2 N–H and O–H groups in total. The fourth-order valence-electron chi connectivity index (χ4n) is 1.27. The summed E-state index contributed by atoms with van der Waals surface area (Å²) in [4.78, 5) is 11.6. The van der Waals surface area contributed by atoms with Gasteiger partial charge in [-0.1, -0.05) is 13.8 Å². The first kappa shape index (κ1) is 13.1. The molecule has 0 aliphatic heterocycles. The van der Waals surface area contributed by atoms with E-state index < -0.39 is 5.60 Å². The molecule has 16 heavy (non-hydrogen) atoms. The van der Waals surface area contributed by atoms with E-state index in [1.54, 1.807) is 0 Å². The number of hydrogen-bond donors (Lipinski definition) is 2. The number of furan rings is 1. The average molecular weight is 246 g/mol. The molecular weight excluding hydrogens is 230 g/mol. The zero-order valence-corrected chi connectivity index (χ0v) is 10.2. The molecule has 1 heterocycles. The van der Waals surface area contributed by atoms with E-state index in [2.05, 4.69) is 5.32 Å². The number of carbonyl (C=O) groups excluding carboxylic acids is 1. The minimum absolute atomic E-state index is 0.152. The van der Waals surface area contributed by atoms with Crippen molar-refractivity contribution >= 4 is 17.5 Å². The molecule has 0 atom stereocenters. The Morgan fingerprint density at radius 2 is 2.12 bits per heavy atom. The quantitative estimate of drug-likeness (QED) is 0.836. The number of halogens is 1. The normalized spacial score (nSPS) is 11.5. The van der Waals surface area contributed by atoms with Crippen LogP contribution >= 0.6 is 11.6 Å². The second kappa shape index (κ2) is 5.37. The Kier molecular flexibility index (Phi) is 4.38. The Labute approximate surface area is 99.6 Å². The van der Waals surface area contributed by atoms with E-state index >= 15 is 0 Å². The highest BCUT2D eigenvalue weighted by Gasteiger charge is 2.23. The van der Waals surface area contributed by atoms with Crippen LogP contribution in [0.4, 0.5) is 0 Å². The van der Waals surface area contributed by atoms with Crippen LogP contribution in [0.5, 0.6) is 0 Å². The third-order valence-corrected chi connectivity index (χ3v) is 2.89. The molecule has 0 aliphatic carbocycles. The summed E-state index contributed by atoms with van der Waals surface area (Å²) in [6.45, 7) is 3.95. The summed E-state index contributed by atoms with van der Waals surface area (Å²) >= 11 is 5.55. The topological polar surface area (TPSA) is 62.5 Å². The van der Waals surface area contributed by atoms with Gasteiger partial charge in [-0.2, -0.15) is 0 Å². The van der Waals surface area contributed by atoms with Crippen LogP contribution in [0.1, 0.15) is 37.2 Å². The van der Waals surface area contributed by atoms with Crippen molar-refractivity contribution in [1.29, 1.82) is 0 Å². The molecule has 4 nitrogen and oxygen atoms in total. The van der Waals surface area contributed by atoms with Gasteiger partial charge in [-0.15, -0.1) is 0 Å². The minimum Gasteiger partial charge on any atom is -0.440 e. The van der Waals surface area contributed by atoms with Crippen molar-refractivity contribution in [3.05, 3.63) is 23.1 Å². The molecule has 1 amide bonds. The molecule has 0 aromatic carbocycles. The molecule has 0 radical (unpaired) electrons. The number of hydrogen-bond acceptors (Lipinski definition) is 3. The van der Waals surface area contributed by atoms with Crippen LogP contribution in [0, 0.1) is 0 Å². The fourth-order valence-corrected chi connectivity index (χ4v) is 1.41. The number of rotatable bonds is 5. The van der Waals surface area contributed by atoms with Crippen LogP contribution in [0.25, 0.3) is 0 Å². The first-order valence-electron chi connectivity index (χ1n) is 5.26. The molecule has 1 rings (SSSR count). The lowest BCUT2D eigenvalue weighted by Gasteiger charge is -2.24. The molecule has 0 saturated heterocycles. The van der Waals surface area contributed by atoms with Crippen LogP contribution in [-0.4, -0.2) is 23.2 Å². The second-order valence-corrected chi connectivity index (χ2v) is 4.09. The molecular formula is C11H16ClNO3. The van der Waals surface area contributed by atoms with Gasteiger partial charge >= 0.3 is 0 Å². The highest BCUT2D eigenvalue weighted by Crippen LogP contribution is 2.15. The van der Waals surface area contributed by atoms with Gasteiger partial charge in [0.05, 0.1) is 5.60 Å². The van der Waals surface area contributed by atoms with E-state index in [4.69, 9.17) is 16.0 Å². The number of aliphatic hydroxyl groups is 1. The summed E-state index contributed by atoms with van der Waals surface area (Å²) in [5, 5.41) is 12.7. The van der Waals surface area contributed by atoms with E-state index in [-0.39, 0.29) is 23.4 Å². The summed E-state index contributed by atoms with van der Waals surface area (Å²) in [5.74, 6) is -0.216. The SMILES string of the molecule is CCC(O)(CC)CNC(=O)c1ccc(Cl)o1. The van der Waals surface area contributed by atoms with Crippen LogP contribution in [0.3, 0.4) is 0 Å². The third-order valence-electron chi connectivity index (χ3n) is 2.69. The lowest BCUT2D eigenvalue weighted by molar-refractivity contribution is 0.0310. The van der Waals surface area contributed by atoms with Gasteiger partial charge in [-0.05, 0) is 36.6 Å². The van der Waals surface area contributed by atoms with Crippen molar-refractivity contribution < 1.29 is 14.3 Å². The highest BCUT2D eigenvalue weighted by atomic mass is 35.5. The van der Waals surface area contributed by atoms with E-state index in [1.165, 1.54) is 12.1 Å². The average Bonchev–Trinajstić information content (AvgIpc) is 2.72. The van der Waals surface area contributed by atoms with Crippen molar-refractivity contribution in [1.82, 2.24) is 5.32 Å². The standard InChI is InChI=1S/C11H16ClNO3/c1-3-11(15,4-2)7-13-10(14)8-5-6-9(12)16-8/h5-6,15H,3-4,7H2,1-2H3,(H,13,14). The Morgan fingerprint density at radius 3 is 2.56 bits per heavy atom. The van der Waals surface area contributed by atoms with Crippen molar-refractivity contribution in [3.63, 3.8) is 0 Å². The Morgan fingerprint density at radius 1 is 1.50 bits per heavy atom. The van der Waals surface area contributed by atoms with Gasteiger partial charge in [0.15, 0.2) is 11.0 Å².